The van der Waals surface area contributed by atoms with E-state index in [1.165, 1.54) is 6.42 Å². The van der Waals surface area contributed by atoms with Crippen LogP contribution in [0.5, 0.6) is 0 Å². The highest BCUT2D eigenvalue weighted by molar-refractivity contribution is 7.90. The lowest BCUT2D eigenvalue weighted by Gasteiger charge is -2.25. The highest BCUT2D eigenvalue weighted by atomic mass is 32.2. The molecule has 0 bridgehead atoms. The molecule has 26 heavy (non-hydrogen) atoms. The number of nitrogens with zero attached hydrogens (tertiary/aromatic N) is 1. The molecule has 1 aliphatic heterocycles. The average Bonchev–Trinajstić information content (AvgIpc) is 2.86. The van der Waals surface area contributed by atoms with E-state index < -0.39 is 16.1 Å². The van der Waals surface area contributed by atoms with Crippen LogP contribution >= 0.6 is 0 Å². The van der Waals surface area contributed by atoms with Gasteiger partial charge in [0, 0.05) is 11.6 Å². The lowest BCUT2D eigenvalue weighted by Crippen LogP contribution is -2.42. The Morgan fingerprint density at radius 1 is 1.23 bits per heavy atom. The molecule has 2 N–H and O–H groups in total. The fourth-order valence-electron chi connectivity index (χ4n) is 3.59. The minimum atomic E-state index is -3.59. The number of nitrogens with one attached hydrogen (secondary N) is 2. The number of amidine groups is 1. The largest absolute Gasteiger partial charge is 0.352 e. The number of hydrogen-bond acceptors (Lipinski definition) is 4. The van der Waals surface area contributed by atoms with Crippen LogP contribution in [0.15, 0.2) is 34.2 Å². The lowest BCUT2D eigenvalue weighted by molar-refractivity contribution is -0.123. The summed E-state index contributed by atoms with van der Waals surface area (Å²) in [5.41, 5.74) is 0.534. The van der Waals surface area contributed by atoms with E-state index in [2.05, 4.69) is 15.0 Å². The van der Waals surface area contributed by atoms with E-state index >= 15 is 0 Å². The number of carbonyl (C=O) groups excluding carboxylic acids is 1. The van der Waals surface area contributed by atoms with E-state index in [4.69, 9.17) is 0 Å². The smallest absolute Gasteiger partial charge is 0.263 e. The van der Waals surface area contributed by atoms with Crippen molar-refractivity contribution in [3.63, 3.8) is 0 Å². The molecule has 1 unspecified atom stereocenters. The summed E-state index contributed by atoms with van der Waals surface area (Å²) in [6, 6.07) is 6.34. The Balaban J connectivity index is 1.84. The van der Waals surface area contributed by atoms with Gasteiger partial charge in [-0.25, -0.2) is 8.42 Å². The highest BCUT2D eigenvalue weighted by Crippen LogP contribution is 2.24. The summed E-state index contributed by atoms with van der Waals surface area (Å²) in [4.78, 5) is 17.6. The van der Waals surface area contributed by atoms with Crippen LogP contribution in [-0.2, 0) is 14.8 Å². The molecule has 142 valence electrons. The Labute approximate surface area is 155 Å². The summed E-state index contributed by atoms with van der Waals surface area (Å²) < 4.78 is 27.0. The molecule has 1 fully saturated rings. The molecule has 1 heterocycles. The Bertz CT molecular complexity index is 796. The van der Waals surface area contributed by atoms with Crippen molar-refractivity contribution in [2.45, 2.75) is 69.4 Å². The third kappa shape index (κ3) is 4.26. The summed E-state index contributed by atoms with van der Waals surface area (Å²) in [5.74, 6) is 0.432. The van der Waals surface area contributed by atoms with E-state index in [0.29, 0.717) is 12.0 Å². The van der Waals surface area contributed by atoms with E-state index in [9.17, 15) is 13.2 Å². The van der Waals surface area contributed by atoms with Gasteiger partial charge in [0.05, 0.1) is 4.90 Å². The molecular weight excluding hydrogens is 350 g/mol. The van der Waals surface area contributed by atoms with Crippen LogP contribution in [0.3, 0.4) is 0 Å². The maximum atomic E-state index is 12.8. The summed E-state index contributed by atoms with van der Waals surface area (Å²) in [5, 5.41) is 3.12. The monoisotopic (exact) mass is 377 g/mol. The quantitative estimate of drug-likeness (QED) is 0.827. The van der Waals surface area contributed by atoms with Crippen molar-refractivity contribution in [3.8, 4) is 0 Å². The standard InChI is InChI=1S/C19H27N3O3S/c1-13(2)12-16(19(23)20-14-8-4-3-5-9-14)21-18-15-10-6-7-11-17(15)26(24,25)22-18/h6-7,10-11,13-14,16H,3-5,8-9,12H2,1-2H3,(H,20,23)(H,21,22). The molecule has 0 radical (unpaired) electrons. The van der Waals surface area contributed by atoms with Gasteiger partial charge in [0.25, 0.3) is 10.0 Å². The number of amides is 1. The van der Waals surface area contributed by atoms with Crippen molar-refractivity contribution in [2.75, 3.05) is 0 Å². The zero-order valence-electron chi connectivity index (χ0n) is 15.4. The van der Waals surface area contributed by atoms with Crippen LogP contribution in [0, 0.1) is 5.92 Å². The van der Waals surface area contributed by atoms with Gasteiger partial charge < -0.3 is 5.32 Å². The van der Waals surface area contributed by atoms with Gasteiger partial charge in [-0.15, -0.1) is 0 Å². The van der Waals surface area contributed by atoms with Gasteiger partial charge in [0.15, 0.2) is 0 Å². The van der Waals surface area contributed by atoms with Gasteiger partial charge in [-0.05, 0) is 37.3 Å². The topological polar surface area (TPSA) is 87.6 Å². The van der Waals surface area contributed by atoms with Crippen molar-refractivity contribution in [1.29, 1.82) is 0 Å². The average molecular weight is 378 g/mol. The molecular formula is C19H27N3O3S. The number of fused-ring (bicyclic) bond motifs is 1. The van der Waals surface area contributed by atoms with Gasteiger partial charge in [0.1, 0.15) is 11.9 Å². The van der Waals surface area contributed by atoms with E-state index in [1.807, 2.05) is 13.8 Å². The van der Waals surface area contributed by atoms with E-state index in [1.54, 1.807) is 24.3 Å². The number of aliphatic imine (C=N–C) groups is 1. The Morgan fingerprint density at radius 3 is 2.62 bits per heavy atom. The lowest BCUT2D eigenvalue weighted by atomic mass is 9.95. The number of hydrogen-bond donors (Lipinski definition) is 2. The molecule has 1 aliphatic carbocycles. The van der Waals surface area contributed by atoms with Crippen molar-refractivity contribution in [2.24, 2.45) is 10.9 Å². The first-order valence-electron chi connectivity index (χ1n) is 9.37. The molecule has 1 aromatic rings. The second kappa shape index (κ2) is 7.78. The third-order valence-corrected chi connectivity index (χ3v) is 6.29. The Hall–Kier alpha value is -1.89. The first-order valence-corrected chi connectivity index (χ1v) is 10.9. The predicted octanol–water partition coefficient (Wildman–Crippen LogP) is 2.59. The van der Waals surface area contributed by atoms with Crippen molar-refractivity contribution in [3.05, 3.63) is 29.8 Å². The summed E-state index contributed by atoms with van der Waals surface area (Å²) in [6.07, 6.45) is 6.09. The van der Waals surface area contributed by atoms with Crippen LogP contribution in [-0.4, -0.2) is 32.2 Å². The highest BCUT2D eigenvalue weighted by Gasteiger charge is 2.32. The van der Waals surface area contributed by atoms with Crippen LogP contribution in [0.2, 0.25) is 0 Å². The fourth-order valence-corrected chi connectivity index (χ4v) is 4.83. The molecule has 0 spiro atoms. The molecule has 3 rings (SSSR count). The van der Waals surface area contributed by atoms with Gasteiger partial charge in [0.2, 0.25) is 5.91 Å². The molecule has 7 heteroatoms. The summed E-state index contributed by atoms with van der Waals surface area (Å²) in [7, 11) is -3.59. The molecule has 0 aromatic heterocycles. The molecule has 1 amide bonds. The van der Waals surface area contributed by atoms with E-state index in [0.717, 1.165) is 25.7 Å². The van der Waals surface area contributed by atoms with Crippen LogP contribution in [0.1, 0.15) is 57.9 Å². The molecule has 1 atom stereocenters. The normalized spacial score (nSPS) is 22.0. The van der Waals surface area contributed by atoms with Crippen LogP contribution in [0.4, 0.5) is 0 Å². The minimum Gasteiger partial charge on any atom is -0.352 e. The van der Waals surface area contributed by atoms with Crippen LogP contribution in [0.25, 0.3) is 0 Å². The molecule has 2 aliphatic rings. The summed E-state index contributed by atoms with van der Waals surface area (Å²) in [6.45, 7) is 4.07. The third-order valence-electron chi connectivity index (χ3n) is 4.90. The first kappa shape index (κ1) is 18.9. The molecule has 0 saturated heterocycles. The zero-order valence-corrected chi connectivity index (χ0v) is 16.2. The molecule has 6 nitrogen and oxygen atoms in total. The first-order chi connectivity index (χ1) is 12.4. The molecule has 1 saturated carbocycles. The number of carbonyl (C=O) groups is 1. The van der Waals surface area contributed by atoms with Crippen molar-refractivity contribution >= 4 is 21.8 Å². The number of sulfonamides is 1. The minimum absolute atomic E-state index is 0.110. The maximum Gasteiger partial charge on any atom is 0.263 e. The van der Waals surface area contributed by atoms with Gasteiger partial charge in [-0.1, -0.05) is 45.2 Å². The summed E-state index contributed by atoms with van der Waals surface area (Å²) >= 11 is 0. The maximum absolute atomic E-state index is 12.8. The van der Waals surface area contributed by atoms with Gasteiger partial charge >= 0.3 is 0 Å². The number of rotatable bonds is 5. The van der Waals surface area contributed by atoms with Crippen molar-refractivity contribution < 1.29 is 13.2 Å². The molecule has 1 aromatic carbocycles. The predicted molar refractivity (Wildman–Crippen MR) is 102 cm³/mol. The fraction of sp³-hybridized carbons (Fsp3) is 0.579. The van der Waals surface area contributed by atoms with Gasteiger partial charge in [-0.3, -0.25) is 14.5 Å². The Kier molecular flexibility index (Phi) is 5.65. The second-order valence-corrected chi connectivity index (χ2v) is 9.22. The number of benzene rings is 1. The van der Waals surface area contributed by atoms with Crippen molar-refractivity contribution in [1.82, 2.24) is 10.0 Å². The second-order valence-electron chi connectivity index (χ2n) is 7.57. The van der Waals surface area contributed by atoms with Crippen LogP contribution < -0.4 is 10.0 Å². The Morgan fingerprint density at radius 2 is 1.92 bits per heavy atom. The van der Waals surface area contributed by atoms with E-state index in [-0.39, 0.29) is 28.6 Å². The van der Waals surface area contributed by atoms with Gasteiger partial charge in [-0.2, -0.15) is 0 Å². The zero-order chi connectivity index (χ0) is 18.7. The SMILES string of the molecule is CC(C)CC(N=C1NS(=O)(=O)c2ccccc21)C(=O)NC1CCCCC1.